The number of rotatable bonds is 10. The zero-order valence-corrected chi connectivity index (χ0v) is 18.3. The van der Waals surface area contributed by atoms with E-state index in [1.165, 1.54) is 6.20 Å². The van der Waals surface area contributed by atoms with Crippen LogP contribution < -0.4 is 10.1 Å². The van der Waals surface area contributed by atoms with Crippen LogP contribution in [0.3, 0.4) is 0 Å². The van der Waals surface area contributed by atoms with Gasteiger partial charge in [0.05, 0.1) is 12.3 Å². The van der Waals surface area contributed by atoms with Gasteiger partial charge in [0, 0.05) is 50.1 Å². The van der Waals surface area contributed by atoms with Crippen molar-refractivity contribution in [3.8, 4) is 17.1 Å². The number of ether oxygens (including phenoxy) is 2. The molecule has 0 amide bonds. The highest BCUT2D eigenvalue weighted by Gasteiger charge is 2.13. The molecule has 32 heavy (non-hydrogen) atoms. The highest BCUT2D eigenvalue weighted by Crippen LogP contribution is 2.30. The standard InChI is InChI=1S/C25H26N5O2/c1-18-17-26-25-23(22(18)27-20-7-5-4-6-8-20)28-24(29-25)19-9-11-21(12-10-19)32-16-14-30(2)13-15-31-3/h4-12,17H,13-16H2,2-3H3,(H2,26,27,28,29). The molecular formula is C25H26N5O2. The normalized spacial score (nSPS) is 11.2. The lowest BCUT2D eigenvalue weighted by atomic mass is 10.2. The van der Waals surface area contributed by atoms with Crippen molar-refractivity contribution in [3.63, 3.8) is 0 Å². The van der Waals surface area contributed by atoms with E-state index in [9.17, 15) is 0 Å². The van der Waals surface area contributed by atoms with Crippen LogP contribution in [0.15, 0.2) is 60.8 Å². The molecule has 0 atom stereocenters. The van der Waals surface area contributed by atoms with E-state index in [2.05, 4.69) is 20.2 Å². The largest absolute Gasteiger partial charge is 0.492 e. The Kier molecular flexibility index (Phi) is 6.99. The predicted molar refractivity (Wildman–Crippen MR) is 126 cm³/mol. The molecule has 0 bridgehead atoms. The van der Waals surface area contributed by atoms with Gasteiger partial charge < -0.3 is 24.7 Å². The molecule has 0 aliphatic rings. The lowest BCUT2D eigenvalue weighted by molar-refractivity contribution is 0.150. The maximum atomic E-state index is 8.27. The van der Waals surface area contributed by atoms with Crippen LogP contribution >= 0.6 is 0 Å². The molecule has 0 fully saturated rings. The van der Waals surface area contributed by atoms with Gasteiger partial charge in [-0.05, 0) is 43.4 Å². The zero-order valence-electron chi connectivity index (χ0n) is 18.3. The van der Waals surface area contributed by atoms with Crippen molar-refractivity contribution in [3.05, 3.63) is 73.3 Å². The maximum Gasteiger partial charge on any atom is 0.159 e. The maximum absolute atomic E-state index is 8.27. The summed E-state index contributed by atoms with van der Waals surface area (Å²) >= 11 is 0. The number of fused-ring (bicyclic) bond motifs is 1. The van der Waals surface area contributed by atoms with Crippen molar-refractivity contribution in [2.75, 3.05) is 45.8 Å². The number of imidazole rings is 1. The number of aromatic nitrogens is 3. The van der Waals surface area contributed by atoms with Crippen LogP contribution in [0.4, 0.5) is 11.4 Å². The summed E-state index contributed by atoms with van der Waals surface area (Å²) in [5.74, 6) is 1.50. The molecule has 0 unspecified atom stereocenters. The number of methoxy groups -OCH3 is 1. The first-order chi connectivity index (χ1) is 15.6. The second-order valence-electron chi connectivity index (χ2n) is 7.49. The second kappa shape index (κ2) is 10.3. The fourth-order valence-electron chi connectivity index (χ4n) is 3.27. The van der Waals surface area contributed by atoms with E-state index in [0.29, 0.717) is 41.5 Å². The molecular weight excluding hydrogens is 402 g/mol. The van der Waals surface area contributed by atoms with Crippen LogP contribution in [0.2, 0.25) is 0 Å². The van der Waals surface area contributed by atoms with Crippen LogP contribution in [-0.2, 0) is 4.74 Å². The molecule has 4 rings (SSSR count). The summed E-state index contributed by atoms with van der Waals surface area (Å²) in [6.45, 7) is 11.3. The van der Waals surface area contributed by atoms with Gasteiger partial charge in [-0.2, -0.15) is 0 Å². The Balaban J connectivity index is 1.47. The first-order valence-corrected chi connectivity index (χ1v) is 10.5. The third kappa shape index (κ3) is 5.25. The van der Waals surface area contributed by atoms with E-state index in [0.717, 1.165) is 30.1 Å². The van der Waals surface area contributed by atoms with Gasteiger partial charge in [-0.25, -0.2) is 9.97 Å². The molecule has 0 aliphatic carbocycles. The first-order valence-electron chi connectivity index (χ1n) is 10.5. The van der Waals surface area contributed by atoms with Gasteiger partial charge in [-0.15, -0.1) is 0 Å². The topological polar surface area (TPSA) is 75.3 Å². The highest BCUT2D eigenvalue weighted by atomic mass is 16.5. The Bertz CT molecular complexity index is 1140. The van der Waals surface area contributed by atoms with E-state index < -0.39 is 0 Å². The number of para-hydroxylation sites is 1. The van der Waals surface area contributed by atoms with Crippen LogP contribution in [-0.4, -0.2) is 60.3 Å². The van der Waals surface area contributed by atoms with Gasteiger partial charge in [0.15, 0.2) is 5.65 Å². The van der Waals surface area contributed by atoms with Gasteiger partial charge in [-0.3, -0.25) is 0 Å². The molecule has 4 aromatic rings. The van der Waals surface area contributed by atoms with Gasteiger partial charge in [0.1, 0.15) is 23.7 Å². The number of anilines is 2. The summed E-state index contributed by atoms with van der Waals surface area (Å²) in [6.07, 6.45) is 1.52. The van der Waals surface area contributed by atoms with Crippen LogP contribution in [0.1, 0.15) is 5.56 Å². The molecule has 2 N–H and O–H groups in total. The Morgan fingerprint density at radius 1 is 1.03 bits per heavy atom. The van der Waals surface area contributed by atoms with E-state index in [1.807, 2.05) is 61.6 Å². The van der Waals surface area contributed by atoms with Crippen molar-refractivity contribution in [2.24, 2.45) is 0 Å². The first kappa shape index (κ1) is 21.8. The van der Waals surface area contributed by atoms with Crippen molar-refractivity contribution >= 4 is 22.5 Å². The molecule has 7 heteroatoms. The van der Waals surface area contributed by atoms with E-state index in [-0.39, 0.29) is 0 Å². The number of benzene rings is 2. The molecule has 2 aromatic heterocycles. The SMILES string of the molecule is [C]c1cnc2[nH]c(-c3ccc(OCCN(C)CCOC)cc3)nc2c1Nc1ccccc1. The Hall–Kier alpha value is -3.42. The summed E-state index contributed by atoms with van der Waals surface area (Å²) < 4.78 is 10.9. The highest BCUT2D eigenvalue weighted by molar-refractivity contribution is 5.92. The van der Waals surface area contributed by atoms with Crippen LogP contribution in [0.25, 0.3) is 22.6 Å². The number of hydrogen-bond acceptors (Lipinski definition) is 6. The number of aromatic amines is 1. The summed E-state index contributed by atoms with van der Waals surface area (Å²) in [6, 6.07) is 17.5. The molecule has 7 nitrogen and oxygen atoms in total. The fourth-order valence-corrected chi connectivity index (χ4v) is 3.27. The zero-order chi connectivity index (χ0) is 22.3. The van der Waals surface area contributed by atoms with Gasteiger partial charge in [-0.1, -0.05) is 18.2 Å². The number of nitrogens with one attached hydrogen (secondary N) is 2. The van der Waals surface area contributed by atoms with Crippen LogP contribution in [0, 0.1) is 6.92 Å². The lowest BCUT2D eigenvalue weighted by Crippen LogP contribution is -2.27. The molecule has 0 aliphatic heterocycles. The minimum Gasteiger partial charge on any atom is -0.492 e. The second-order valence-corrected chi connectivity index (χ2v) is 7.49. The lowest BCUT2D eigenvalue weighted by Gasteiger charge is -2.16. The van der Waals surface area contributed by atoms with Crippen molar-refractivity contribution in [1.82, 2.24) is 19.9 Å². The number of H-pyrrole nitrogens is 1. The summed E-state index contributed by atoms with van der Waals surface area (Å²) in [7, 11) is 3.75. The fraction of sp³-hybridized carbons (Fsp3) is 0.240. The molecule has 2 heterocycles. The monoisotopic (exact) mass is 428 g/mol. The summed E-state index contributed by atoms with van der Waals surface area (Å²) in [4.78, 5) is 14.5. The molecule has 0 spiro atoms. The quantitative estimate of drug-likeness (QED) is 0.393. The number of nitrogens with zero attached hydrogens (tertiary/aromatic N) is 3. The Labute approximate surface area is 188 Å². The summed E-state index contributed by atoms with van der Waals surface area (Å²) in [5, 5.41) is 3.29. The van der Waals surface area contributed by atoms with E-state index in [1.54, 1.807) is 7.11 Å². The molecule has 2 aromatic carbocycles. The molecule has 0 saturated carbocycles. The number of hydrogen-bond donors (Lipinski definition) is 2. The third-order valence-electron chi connectivity index (χ3n) is 5.10. The predicted octanol–water partition coefficient (Wildman–Crippen LogP) is 4.26. The molecule has 3 radical (unpaired) electrons. The van der Waals surface area contributed by atoms with Crippen molar-refractivity contribution in [1.29, 1.82) is 0 Å². The van der Waals surface area contributed by atoms with Gasteiger partial charge in [0.2, 0.25) is 0 Å². The summed E-state index contributed by atoms with van der Waals surface area (Å²) in [5.41, 5.74) is 4.00. The third-order valence-corrected chi connectivity index (χ3v) is 5.10. The minimum absolute atomic E-state index is 0.290. The van der Waals surface area contributed by atoms with Gasteiger partial charge >= 0.3 is 0 Å². The number of pyridine rings is 1. The molecule has 0 saturated heterocycles. The average molecular weight is 429 g/mol. The van der Waals surface area contributed by atoms with Crippen molar-refractivity contribution in [2.45, 2.75) is 0 Å². The minimum atomic E-state index is 0.290. The van der Waals surface area contributed by atoms with Gasteiger partial charge in [0.25, 0.3) is 0 Å². The number of likely N-dealkylation sites (N-methyl/N-ethyl adjacent to an activating group) is 1. The van der Waals surface area contributed by atoms with Crippen LogP contribution in [0.5, 0.6) is 5.75 Å². The van der Waals surface area contributed by atoms with Crippen molar-refractivity contribution < 1.29 is 9.47 Å². The average Bonchev–Trinajstić information content (AvgIpc) is 3.25. The Morgan fingerprint density at radius 2 is 1.78 bits per heavy atom. The van der Waals surface area contributed by atoms with E-state index >= 15 is 0 Å². The smallest absolute Gasteiger partial charge is 0.159 e. The molecule has 163 valence electrons. The Morgan fingerprint density at radius 3 is 2.53 bits per heavy atom. The van der Waals surface area contributed by atoms with E-state index in [4.69, 9.17) is 21.4 Å².